The van der Waals surface area contributed by atoms with Gasteiger partial charge >= 0.3 is 0 Å². The first-order valence-electron chi connectivity index (χ1n) is 6.24. The molecule has 0 radical (unpaired) electrons. The van der Waals surface area contributed by atoms with Crippen LogP contribution in [0.2, 0.25) is 0 Å². The van der Waals surface area contributed by atoms with Crippen molar-refractivity contribution in [1.82, 2.24) is 0 Å². The zero-order valence-electron chi connectivity index (χ0n) is 10.6. The van der Waals surface area contributed by atoms with Gasteiger partial charge in [-0.05, 0) is 36.4 Å². The van der Waals surface area contributed by atoms with Crippen LogP contribution in [0.25, 0.3) is 0 Å². The van der Waals surface area contributed by atoms with Crippen molar-refractivity contribution in [1.29, 1.82) is 0 Å². The summed E-state index contributed by atoms with van der Waals surface area (Å²) in [4.78, 5) is 0. The molecule has 1 aliphatic heterocycles. The van der Waals surface area contributed by atoms with E-state index < -0.39 is 5.54 Å². The number of hydrogen-bond acceptors (Lipinski definition) is 4. The van der Waals surface area contributed by atoms with Crippen LogP contribution < -0.4 is 10.1 Å². The molecule has 3 N–H and O–H groups in total. The monoisotopic (exact) mass is 335 g/mol. The fraction of sp³-hybridized carbons (Fsp3) is 0.200. The van der Waals surface area contributed by atoms with Crippen molar-refractivity contribution >= 4 is 21.6 Å². The van der Waals surface area contributed by atoms with Crippen LogP contribution in [0.3, 0.4) is 0 Å². The highest BCUT2D eigenvalue weighted by molar-refractivity contribution is 9.10. The SMILES string of the molecule is OCC1(Nc2ccc(Br)cc2)COc2cc(O)ccc21. The van der Waals surface area contributed by atoms with E-state index in [1.54, 1.807) is 18.2 Å². The zero-order valence-corrected chi connectivity index (χ0v) is 12.2. The smallest absolute Gasteiger partial charge is 0.128 e. The molecule has 0 saturated heterocycles. The molecule has 1 heterocycles. The normalized spacial score (nSPS) is 20.3. The summed E-state index contributed by atoms with van der Waals surface area (Å²) in [6, 6.07) is 12.7. The number of aromatic hydroxyl groups is 1. The minimum Gasteiger partial charge on any atom is -0.508 e. The Morgan fingerprint density at radius 1 is 1.20 bits per heavy atom. The molecule has 0 spiro atoms. The van der Waals surface area contributed by atoms with Crippen molar-refractivity contribution in [2.24, 2.45) is 0 Å². The molecule has 0 aromatic heterocycles. The summed E-state index contributed by atoms with van der Waals surface area (Å²) in [5, 5.41) is 22.7. The predicted molar refractivity (Wildman–Crippen MR) is 80.1 cm³/mol. The minimum atomic E-state index is -0.684. The second kappa shape index (κ2) is 5.00. The van der Waals surface area contributed by atoms with Crippen LogP contribution in [0, 0.1) is 0 Å². The van der Waals surface area contributed by atoms with Crippen molar-refractivity contribution < 1.29 is 14.9 Å². The molecule has 1 unspecified atom stereocenters. The molecule has 0 amide bonds. The van der Waals surface area contributed by atoms with Crippen LogP contribution in [-0.4, -0.2) is 23.4 Å². The van der Waals surface area contributed by atoms with Crippen LogP contribution in [0.15, 0.2) is 46.9 Å². The maximum absolute atomic E-state index is 9.83. The van der Waals surface area contributed by atoms with E-state index in [9.17, 15) is 10.2 Å². The number of nitrogens with one attached hydrogen (secondary N) is 1. The average molecular weight is 336 g/mol. The number of fused-ring (bicyclic) bond motifs is 1. The number of aliphatic hydroxyl groups is 1. The molecule has 4 nitrogen and oxygen atoms in total. The number of rotatable bonds is 3. The lowest BCUT2D eigenvalue weighted by molar-refractivity contribution is 0.177. The highest BCUT2D eigenvalue weighted by atomic mass is 79.9. The highest BCUT2D eigenvalue weighted by Gasteiger charge is 2.40. The maximum atomic E-state index is 9.83. The van der Waals surface area contributed by atoms with Crippen LogP contribution >= 0.6 is 15.9 Å². The highest BCUT2D eigenvalue weighted by Crippen LogP contribution is 2.41. The van der Waals surface area contributed by atoms with Crippen molar-refractivity contribution in [3.05, 3.63) is 52.5 Å². The summed E-state index contributed by atoms with van der Waals surface area (Å²) < 4.78 is 6.58. The number of anilines is 1. The quantitative estimate of drug-likeness (QED) is 0.807. The molecule has 0 fully saturated rings. The number of hydrogen-bond donors (Lipinski definition) is 3. The molecule has 3 rings (SSSR count). The van der Waals surface area contributed by atoms with E-state index in [-0.39, 0.29) is 12.4 Å². The molecule has 104 valence electrons. The number of aliphatic hydroxyl groups excluding tert-OH is 1. The Morgan fingerprint density at radius 3 is 2.65 bits per heavy atom. The molecule has 20 heavy (non-hydrogen) atoms. The molecule has 5 heteroatoms. The first kappa shape index (κ1) is 13.3. The van der Waals surface area contributed by atoms with E-state index in [1.165, 1.54) is 0 Å². The van der Waals surface area contributed by atoms with Gasteiger partial charge in [0.25, 0.3) is 0 Å². The summed E-state index contributed by atoms with van der Waals surface area (Å²) in [6.07, 6.45) is 0. The van der Waals surface area contributed by atoms with Crippen LogP contribution in [0.4, 0.5) is 5.69 Å². The Morgan fingerprint density at radius 2 is 1.95 bits per heavy atom. The van der Waals surface area contributed by atoms with Gasteiger partial charge in [-0.2, -0.15) is 0 Å². The first-order valence-corrected chi connectivity index (χ1v) is 7.03. The van der Waals surface area contributed by atoms with Gasteiger partial charge in [-0.25, -0.2) is 0 Å². The van der Waals surface area contributed by atoms with E-state index >= 15 is 0 Å². The summed E-state index contributed by atoms with van der Waals surface area (Å²) in [7, 11) is 0. The summed E-state index contributed by atoms with van der Waals surface area (Å²) in [5.74, 6) is 0.754. The second-order valence-corrected chi connectivity index (χ2v) is 5.76. The van der Waals surface area contributed by atoms with Gasteiger partial charge in [0.1, 0.15) is 23.6 Å². The lowest BCUT2D eigenvalue weighted by Gasteiger charge is -2.28. The van der Waals surface area contributed by atoms with Gasteiger partial charge in [-0.3, -0.25) is 0 Å². The average Bonchev–Trinajstić information content (AvgIpc) is 2.80. The Labute approximate surface area is 125 Å². The molecule has 2 aromatic rings. The van der Waals surface area contributed by atoms with E-state index in [0.717, 1.165) is 15.7 Å². The van der Waals surface area contributed by atoms with Gasteiger partial charge in [-0.1, -0.05) is 15.9 Å². The molecule has 0 saturated carbocycles. The third-order valence-corrected chi connectivity index (χ3v) is 3.98. The predicted octanol–water partition coefficient (Wildman–Crippen LogP) is 2.85. The van der Waals surface area contributed by atoms with E-state index in [0.29, 0.717) is 12.4 Å². The van der Waals surface area contributed by atoms with Gasteiger partial charge < -0.3 is 20.3 Å². The van der Waals surface area contributed by atoms with Gasteiger partial charge in [0.15, 0.2) is 0 Å². The van der Waals surface area contributed by atoms with Gasteiger partial charge in [0.2, 0.25) is 0 Å². The largest absolute Gasteiger partial charge is 0.508 e. The standard InChI is InChI=1S/C15H14BrNO3/c16-10-1-3-11(4-2-10)17-15(8-18)9-20-14-7-12(19)5-6-13(14)15/h1-7,17-19H,8-9H2. The van der Waals surface area contributed by atoms with E-state index in [1.807, 2.05) is 24.3 Å². The maximum Gasteiger partial charge on any atom is 0.128 e. The second-order valence-electron chi connectivity index (χ2n) is 4.84. The third-order valence-electron chi connectivity index (χ3n) is 3.45. The number of phenolic OH excluding ortho intramolecular Hbond substituents is 1. The van der Waals surface area contributed by atoms with E-state index in [4.69, 9.17) is 4.74 Å². The molecule has 1 aliphatic rings. The Bertz CT molecular complexity index is 630. The van der Waals surface area contributed by atoms with Crippen LogP contribution in [0.1, 0.15) is 5.56 Å². The Hall–Kier alpha value is -1.72. The van der Waals surface area contributed by atoms with Gasteiger partial charge in [0, 0.05) is 21.8 Å². The molecule has 0 aliphatic carbocycles. The van der Waals surface area contributed by atoms with Crippen molar-refractivity contribution in [3.8, 4) is 11.5 Å². The number of halogens is 1. The number of benzene rings is 2. The van der Waals surface area contributed by atoms with Crippen molar-refractivity contribution in [3.63, 3.8) is 0 Å². The lowest BCUT2D eigenvalue weighted by Crippen LogP contribution is -2.40. The first-order chi connectivity index (χ1) is 9.63. The number of ether oxygens (including phenoxy) is 1. The Balaban J connectivity index is 1.96. The fourth-order valence-electron chi connectivity index (χ4n) is 2.39. The summed E-state index contributed by atoms with van der Waals surface area (Å²) in [6.45, 7) is 0.221. The van der Waals surface area contributed by atoms with Gasteiger partial charge in [-0.15, -0.1) is 0 Å². The van der Waals surface area contributed by atoms with Crippen molar-refractivity contribution in [2.45, 2.75) is 5.54 Å². The molecule has 1 atom stereocenters. The van der Waals surface area contributed by atoms with E-state index in [2.05, 4.69) is 21.2 Å². The fourth-order valence-corrected chi connectivity index (χ4v) is 2.65. The van der Waals surface area contributed by atoms with Crippen LogP contribution in [-0.2, 0) is 5.54 Å². The molecule has 2 aromatic carbocycles. The summed E-state index contributed by atoms with van der Waals surface area (Å²) in [5.41, 5.74) is 1.06. The zero-order chi connectivity index (χ0) is 14.2. The molecule has 0 bridgehead atoms. The third kappa shape index (κ3) is 2.23. The Kier molecular flexibility index (Phi) is 3.31. The summed E-state index contributed by atoms with van der Waals surface area (Å²) >= 11 is 3.39. The van der Waals surface area contributed by atoms with Crippen LogP contribution in [0.5, 0.6) is 11.5 Å². The lowest BCUT2D eigenvalue weighted by atomic mass is 9.92. The minimum absolute atomic E-state index is 0.0964. The topological polar surface area (TPSA) is 61.7 Å². The van der Waals surface area contributed by atoms with Gasteiger partial charge in [0.05, 0.1) is 6.61 Å². The molecular weight excluding hydrogens is 322 g/mol. The van der Waals surface area contributed by atoms with Crippen molar-refractivity contribution in [2.75, 3.05) is 18.5 Å². The molecular formula is C15H14BrNO3. The number of phenols is 1.